The van der Waals surface area contributed by atoms with Gasteiger partial charge in [0.05, 0.1) is 19.7 Å². The predicted octanol–water partition coefficient (Wildman–Crippen LogP) is 2.47. The number of nitrogens with zero attached hydrogens (tertiary/aromatic N) is 2. The fraction of sp³-hybridized carbons (Fsp3) is 0.176. The van der Waals surface area contributed by atoms with E-state index in [0.717, 1.165) is 22.8 Å². The van der Waals surface area contributed by atoms with Gasteiger partial charge in [-0.3, -0.25) is 5.10 Å². The Labute approximate surface area is 134 Å². The Morgan fingerprint density at radius 1 is 1.13 bits per heavy atom. The molecule has 1 aromatic heterocycles. The van der Waals surface area contributed by atoms with E-state index in [1.54, 1.807) is 7.11 Å². The highest BCUT2D eigenvalue weighted by Crippen LogP contribution is 2.19. The molecule has 6 nitrogen and oxygen atoms in total. The normalized spacial score (nSPS) is 11.9. The number of aromatic amines is 1. The van der Waals surface area contributed by atoms with Crippen molar-refractivity contribution in [3.05, 3.63) is 71.8 Å². The summed E-state index contributed by atoms with van der Waals surface area (Å²) in [4.78, 5) is 4.46. The summed E-state index contributed by atoms with van der Waals surface area (Å²) in [5, 5.41) is 10.4. The molecule has 0 saturated heterocycles. The van der Waals surface area contributed by atoms with Gasteiger partial charge < -0.3 is 15.8 Å². The van der Waals surface area contributed by atoms with Gasteiger partial charge in [-0.1, -0.05) is 30.3 Å². The van der Waals surface area contributed by atoms with Crippen LogP contribution in [0.1, 0.15) is 23.3 Å². The van der Waals surface area contributed by atoms with Gasteiger partial charge in [-0.25, -0.2) is 4.98 Å². The van der Waals surface area contributed by atoms with Crippen LogP contribution in [0.15, 0.2) is 54.6 Å². The van der Waals surface area contributed by atoms with Gasteiger partial charge in [-0.15, -0.1) is 0 Å². The minimum Gasteiger partial charge on any atom is -0.497 e. The Hall–Kier alpha value is -2.86. The van der Waals surface area contributed by atoms with E-state index in [0.29, 0.717) is 12.4 Å². The van der Waals surface area contributed by atoms with Crippen molar-refractivity contribution in [2.24, 2.45) is 5.73 Å². The molecule has 3 rings (SSSR count). The second kappa shape index (κ2) is 6.93. The number of rotatable bonds is 6. The zero-order valence-electron chi connectivity index (χ0n) is 12.9. The van der Waals surface area contributed by atoms with Crippen molar-refractivity contribution in [3.8, 4) is 5.75 Å². The van der Waals surface area contributed by atoms with E-state index in [1.807, 2.05) is 54.6 Å². The van der Waals surface area contributed by atoms with E-state index in [9.17, 15) is 0 Å². The van der Waals surface area contributed by atoms with Gasteiger partial charge in [0.15, 0.2) is 5.82 Å². The van der Waals surface area contributed by atoms with Crippen LogP contribution in [-0.2, 0) is 6.54 Å². The van der Waals surface area contributed by atoms with Crippen molar-refractivity contribution in [1.29, 1.82) is 0 Å². The largest absolute Gasteiger partial charge is 0.497 e. The number of methoxy groups -OCH3 is 1. The fourth-order valence-electron chi connectivity index (χ4n) is 2.23. The van der Waals surface area contributed by atoms with E-state index < -0.39 is 0 Å². The zero-order valence-corrected chi connectivity index (χ0v) is 12.9. The summed E-state index contributed by atoms with van der Waals surface area (Å²) in [7, 11) is 1.64. The molecule has 23 heavy (non-hydrogen) atoms. The highest BCUT2D eigenvalue weighted by molar-refractivity contribution is 5.42. The molecule has 0 fully saturated rings. The molecule has 0 bridgehead atoms. The average molecular weight is 309 g/mol. The molecule has 1 heterocycles. The average Bonchev–Trinajstić information content (AvgIpc) is 3.09. The van der Waals surface area contributed by atoms with Gasteiger partial charge in [0.1, 0.15) is 11.6 Å². The van der Waals surface area contributed by atoms with E-state index >= 15 is 0 Å². The Kier molecular flexibility index (Phi) is 4.54. The molecule has 0 radical (unpaired) electrons. The molecule has 2 aromatic carbocycles. The fourth-order valence-corrected chi connectivity index (χ4v) is 2.23. The van der Waals surface area contributed by atoms with E-state index in [4.69, 9.17) is 10.5 Å². The second-order valence-corrected chi connectivity index (χ2v) is 5.11. The number of hydrogen-bond acceptors (Lipinski definition) is 5. The van der Waals surface area contributed by atoms with Gasteiger partial charge in [-0.2, -0.15) is 5.10 Å². The lowest BCUT2D eigenvalue weighted by molar-refractivity contribution is 0.414. The number of ether oxygens (including phenoxy) is 1. The van der Waals surface area contributed by atoms with Crippen LogP contribution in [0.3, 0.4) is 0 Å². The third-order valence-electron chi connectivity index (χ3n) is 3.54. The van der Waals surface area contributed by atoms with Gasteiger partial charge in [0.2, 0.25) is 0 Å². The van der Waals surface area contributed by atoms with Crippen molar-refractivity contribution in [2.45, 2.75) is 12.6 Å². The number of H-pyrrole nitrogens is 1. The van der Waals surface area contributed by atoms with Crippen LogP contribution in [0.25, 0.3) is 0 Å². The first-order valence-electron chi connectivity index (χ1n) is 7.36. The monoisotopic (exact) mass is 309 g/mol. The summed E-state index contributed by atoms with van der Waals surface area (Å²) in [6, 6.07) is 17.2. The number of benzene rings is 2. The summed E-state index contributed by atoms with van der Waals surface area (Å²) in [6.45, 7) is 0.562. The third-order valence-corrected chi connectivity index (χ3v) is 3.54. The lowest BCUT2D eigenvalue weighted by Gasteiger charge is -2.08. The van der Waals surface area contributed by atoms with Crippen LogP contribution in [0.5, 0.6) is 5.75 Å². The summed E-state index contributed by atoms with van der Waals surface area (Å²) in [5.41, 5.74) is 8.19. The Balaban J connectivity index is 1.65. The third kappa shape index (κ3) is 3.67. The summed E-state index contributed by atoms with van der Waals surface area (Å²) >= 11 is 0. The van der Waals surface area contributed by atoms with Crippen molar-refractivity contribution in [1.82, 2.24) is 15.2 Å². The molecule has 0 aliphatic rings. The topological polar surface area (TPSA) is 88.8 Å². The molecule has 0 aliphatic heterocycles. The van der Waals surface area contributed by atoms with E-state index in [2.05, 4.69) is 20.5 Å². The van der Waals surface area contributed by atoms with Gasteiger partial charge in [0.25, 0.3) is 0 Å². The molecule has 1 unspecified atom stereocenters. The maximum absolute atomic E-state index is 6.22. The highest BCUT2D eigenvalue weighted by atomic mass is 16.5. The number of nitrogens with two attached hydrogens (primary N) is 1. The smallest absolute Gasteiger partial charge is 0.171 e. The lowest BCUT2D eigenvalue weighted by atomic mass is 10.1. The van der Waals surface area contributed by atoms with E-state index in [1.165, 1.54) is 0 Å². The van der Waals surface area contributed by atoms with Gasteiger partial charge in [-0.05, 0) is 29.8 Å². The maximum atomic E-state index is 6.22. The molecule has 1 atom stereocenters. The summed E-state index contributed by atoms with van der Waals surface area (Å²) < 4.78 is 5.15. The Bertz CT molecular complexity index is 739. The SMILES string of the molecule is COc1ccc(C(N)c2n[nH]c(CNc3ccccc3)n2)cc1. The van der Waals surface area contributed by atoms with Gasteiger partial charge >= 0.3 is 0 Å². The molecule has 0 saturated carbocycles. The molecule has 0 aliphatic carbocycles. The number of hydrogen-bond donors (Lipinski definition) is 3. The maximum Gasteiger partial charge on any atom is 0.171 e. The molecular weight excluding hydrogens is 290 g/mol. The number of aromatic nitrogens is 3. The van der Waals surface area contributed by atoms with Crippen molar-refractivity contribution >= 4 is 5.69 Å². The minimum absolute atomic E-state index is 0.373. The Morgan fingerprint density at radius 3 is 2.57 bits per heavy atom. The van der Waals surface area contributed by atoms with Crippen LogP contribution in [0.4, 0.5) is 5.69 Å². The highest BCUT2D eigenvalue weighted by Gasteiger charge is 2.14. The quantitative estimate of drug-likeness (QED) is 0.651. The summed E-state index contributed by atoms with van der Waals surface area (Å²) in [5.74, 6) is 2.11. The van der Waals surface area contributed by atoms with Crippen LogP contribution in [-0.4, -0.2) is 22.3 Å². The molecule has 3 aromatic rings. The predicted molar refractivity (Wildman–Crippen MR) is 89.2 cm³/mol. The standard InChI is InChI=1S/C17H19N5O/c1-23-14-9-7-12(8-10-14)16(18)17-20-15(21-22-17)11-19-13-5-3-2-4-6-13/h2-10,16,19H,11,18H2,1H3,(H,20,21,22). The van der Waals surface area contributed by atoms with Crippen LogP contribution < -0.4 is 15.8 Å². The van der Waals surface area contributed by atoms with Crippen molar-refractivity contribution in [3.63, 3.8) is 0 Å². The van der Waals surface area contributed by atoms with Crippen molar-refractivity contribution in [2.75, 3.05) is 12.4 Å². The molecule has 0 spiro atoms. The molecule has 4 N–H and O–H groups in total. The minimum atomic E-state index is -0.373. The van der Waals surface area contributed by atoms with Crippen molar-refractivity contribution < 1.29 is 4.74 Å². The first-order valence-corrected chi connectivity index (χ1v) is 7.36. The van der Waals surface area contributed by atoms with Crippen LogP contribution in [0, 0.1) is 0 Å². The van der Waals surface area contributed by atoms with Crippen LogP contribution in [0.2, 0.25) is 0 Å². The zero-order chi connectivity index (χ0) is 16.1. The second-order valence-electron chi connectivity index (χ2n) is 5.11. The first kappa shape index (κ1) is 15.1. The number of anilines is 1. The van der Waals surface area contributed by atoms with Gasteiger partial charge in [0, 0.05) is 5.69 Å². The summed E-state index contributed by atoms with van der Waals surface area (Å²) in [6.07, 6.45) is 0. The molecular formula is C17H19N5O. The number of para-hydroxylation sites is 1. The number of nitrogens with one attached hydrogen (secondary N) is 2. The molecule has 0 amide bonds. The first-order chi connectivity index (χ1) is 11.3. The molecule has 6 heteroatoms. The van der Waals surface area contributed by atoms with E-state index in [-0.39, 0.29) is 6.04 Å². The Morgan fingerprint density at radius 2 is 1.87 bits per heavy atom. The lowest BCUT2D eigenvalue weighted by Crippen LogP contribution is -2.13. The van der Waals surface area contributed by atoms with Crippen LogP contribution >= 0.6 is 0 Å². The molecule has 118 valence electrons.